The highest BCUT2D eigenvalue weighted by molar-refractivity contribution is 7.14. The summed E-state index contributed by atoms with van der Waals surface area (Å²) in [7, 11) is 0. The van der Waals surface area contributed by atoms with Gasteiger partial charge in [0.05, 0.1) is 5.00 Å². The zero-order chi connectivity index (χ0) is 14.0. The first-order chi connectivity index (χ1) is 9.73. The molecule has 1 fully saturated rings. The fourth-order valence-corrected chi connectivity index (χ4v) is 3.69. The molecule has 104 valence electrons. The molecule has 0 spiro atoms. The van der Waals surface area contributed by atoms with Crippen molar-refractivity contribution < 1.29 is 4.79 Å². The van der Waals surface area contributed by atoms with Crippen molar-refractivity contribution in [2.24, 2.45) is 0 Å². The van der Waals surface area contributed by atoms with Crippen LogP contribution in [0, 0.1) is 0 Å². The number of hydrogen-bond acceptors (Lipinski definition) is 2. The van der Waals surface area contributed by atoms with E-state index in [-0.39, 0.29) is 5.41 Å². The van der Waals surface area contributed by atoms with Crippen LogP contribution in [0.15, 0.2) is 41.8 Å². The third-order valence-corrected chi connectivity index (χ3v) is 5.31. The Morgan fingerprint density at radius 2 is 2.00 bits per heavy atom. The Hall–Kier alpha value is -1.32. The Kier molecular flexibility index (Phi) is 3.81. The molecular formula is C16H16ClNOS. The molecule has 1 aliphatic rings. The van der Waals surface area contributed by atoms with Crippen LogP contribution in [0.5, 0.6) is 0 Å². The lowest BCUT2D eigenvalue weighted by molar-refractivity contribution is -0.107. The van der Waals surface area contributed by atoms with Crippen LogP contribution in [0.1, 0.15) is 24.8 Å². The highest BCUT2D eigenvalue weighted by Gasteiger charge is 2.40. The number of carbonyl (C=O) groups excluding carboxylic acids is 1. The maximum absolute atomic E-state index is 11.4. The first-order valence-electron chi connectivity index (χ1n) is 6.75. The maximum atomic E-state index is 11.4. The average Bonchev–Trinajstić information content (AvgIpc) is 2.94. The molecule has 1 aromatic heterocycles. The molecule has 0 radical (unpaired) electrons. The van der Waals surface area contributed by atoms with Crippen LogP contribution in [-0.2, 0) is 10.2 Å². The Balaban J connectivity index is 1.85. The predicted molar refractivity (Wildman–Crippen MR) is 84.7 cm³/mol. The monoisotopic (exact) mass is 305 g/mol. The molecule has 1 heterocycles. The van der Waals surface area contributed by atoms with Gasteiger partial charge in [-0.05, 0) is 48.1 Å². The van der Waals surface area contributed by atoms with Gasteiger partial charge in [0.15, 0.2) is 0 Å². The van der Waals surface area contributed by atoms with E-state index in [0.717, 1.165) is 35.8 Å². The van der Waals surface area contributed by atoms with E-state index in [1.165, 1.54) is 12.0 Å². The van der Waals surface area contributed by atoms with Gasteiger partial charge >= 0.3 is 0 Å². The van der Waals surface area contributed by atoms with Crippen LogP contribution in [0.2, 0.25) is 5.02 Å². The molecule has 1 saturated carbocycles. The second kappa shape index (κ2) is 5.58. The molecule has 4 heteroatoms. The van der Waals surface area contributed by atoms with Gasteiger partial charge in [0.2, 0.25) is 6.41 Å². The molecule has 1 aromatic carbocycles. The summed E-state index contributed by atoms with van der Waals surface area (Å²) in [6.45, 7) is 0.749. The van der Waals surface area contributed by atoms with Crippen molar-refractivity contribution >= 4 is 34.3 Å². The fourth-order valence-electron chi connectivity index (χ4n) is 2.87. The van der Waals surface area contributed by atoms with Crippen molar-refractivity contribution in [1.82, 2.24) is 0 Å². The van der Waals surface area contributed by atoms with E-state index in [9.17, 15) is 4.79 Å². The van der Waals surface area contributed by atoms with E-state index in [1.807, 2.05) is 34.5 Å². The van der Waals surface area contributed by atoms with E-state index in [4.69, 9.17) is 11.6 Å². The summed E-state index contributed by atoms with van der Waals surface area (Å²) in [5.41, 5.74) is 1.38. The van der Waals surface area contributed by atoms with Gasteiger partial charge < -0.3 is 4.90 Å². The summed E-state index contributed by atoms with van der Waals surface area (Å²) in [5, 5.41) is 3.77. The van der Waals surface area contributed by atoms with Crippen LogP contribution in [-0.4, -0.2) is 13.0 Å². The SMILES string of the molecule is O=CN(CC1(c2ccc(Cl)cc2)CCC1)c1cccs1. The standard InChI is InChI=1S/C16H16ClNOS/c17-14-6-4-13(5-7-14)16(8-2-9-16)11-18(12-19)15-3-1-10-20-15/h1,3-7,10,12H,2,8-9,11H2. The van der Waals surface area contributed by atoms with Gasteiger partial charge in [0.25, 0.3) is 0 Å². The second-order valence-electron chi connectivity index (χ2n) is 5.33. The molecule has 0 saturated heterocycles. The number of halogens is 1. The van der Waals surface area contributed by atoms with Crippen molar-refractivity contribution in [3.63, 3.8) is 0 Å². The van der Waals surface area contributed by atoms with Gasteiger partial charge in [-0.15, -0.1) is 11.3 Å². The number of carbonyl (C=O) groups is 1. The fraction of sp³-hybridized carbons (Fsp3) is 0.312. The minimum atomic E-state index is 0.0927. The molecule has 2 aromatic rings. The zero-order valence-corrected chi connectivity index (χ0v) is 12.7. The van der Waals surface area contributed by atoms with Crippen molar-refractivity contribution in [3.05, 3.63) is 52.4 Å². The number of rotatable bonds is 5. The Morgan fingerprint density at radius 1 is 1.25 bits per heavy atom. The number of nitrogens with zero attached hydrogens (tertiary/aromatic N) is 1. The summed E-state index contributed by atoms with van der Waals surface area (Å²) >= 11 is 7.57. The summed E-state index contributed by atoms with van der Waals surface area (Å²) in [6, 6.07) is 12.0. The van der Waals surface area contributed by atoms with Gasteiger partial charge in [0, 0.05) is 17.0 Å². The van der Waals surface area contributed by atoms with Crippen molar-refractivity contribution in [1.29, 1.82) is 0 Å². The smallest absolute Gasteiger partial charge is 0.214 e. The minimum Gasteiger partial charge on any atom is -0.306 e. The topological polar surface area (TPSA) is 20.3 Å². The summed E-state index contributed by atoms with van der Waals surface area (Å²) in [6.07, 6.45) is 4.43. The Bertz CT molecular complexity index is 575. The van der Waals surface area contributed by atoms with Crippen LogP contribution >= 0.6 is 22.9 Å². The molecule has 1 aliphatic carbocycles. The lowest BCUT2D eigenvalue weighted by Gasteiger charge is -2.44. The zero-order valence-electron chi connectivity index (χ0n) is 11.1. The Labute approximate surface area is 128 Å². The highest BCUT2D eigenvalue weighted by Crippen LogP contribution is 2.45. The summed E-state index contributed by atoms with van der Waals surface area (Å²) < 4.78 is 0. The molecule has 2 nitrogen and oxygen atoms in total. The number of thiophene rings is 1. The first-order valence-corrected chi connectivity index (χ1v) is 8.01. The molecule has 3 rings (SSSR count). The van der Waals surface area contributed by atoms with Crippen LogP contribution < -0.4 is 4.90 Å². The van der Waals surface area contributed by atoms with Crippen molar-refractivity contribution in [3.8, 4) is 0 Å². The molecular weight excluding hydrogens is 290 g/mol. The molecule has 20 heavy (non-hydrogen) atoms. The largest absolute Gasteiger partial charge is 0.306 e. The van der Waals surface area contributed by atoms with Crippen molar-refractivity contribution in [2.75, 3.05) is 11.4 Å². The average molecular weight is 306 g/mol. The summed E-state index contributed by atoms with van der Waals surface area (Å²) in [4.78, 5) is 13.2. The lowest BCUT2D eigenvalue weighted by Crippen LogP contribution is -2.45. The quantitative estimate of drug-likeness (QED) is 0.746. The number of amides is 1. The number of benzene rings is 1. The van der Waals surface area contributed by atoms with E-state index in [0.29, 0.717) is 0 Å². The van der Waals surface area contributed by atoms with Crippen LogP contribution in [0.4, 0.5) is 5.00 Å². The molecule has 0 unspecified atom stereocenters. The van der Waals surface area contributed by atoms with Gasteiger partial charge in [-0.1, -0.05) is 30.2 Å². The summed E-state index contributed by atoms with van der Waals surface area (Å²) in [5.74, 6) is 0. The van der Waals surface area contributed by atoms with Crippen LogP contribution in [0.3, 0.4) is 0 Å². The Morgan fingerprint density at radius 3 is 2.50 bits per heavy atom. The van der Waals surface area contributed by atoms with Gasteiger partial charge in [-0.2, -0.15) is 0 Å². The predicted octanol–water partition coefficient (Wildman–Crippen LogP) is 4.49. The molecule has 0 bridgehead atoms. The highest BCUT2D eigenvalue weighted by atomic mass is 35.5. The van der Waals surface area contributed by atoms with Gasteiger partial charge in [0.1, 0.15) is 0 Å². The van der Waals surface area contributed by atoms with E-state index in [2.05, 4.69) is 12.1 Å². The maximum Gasteiger partial charge on any atom is 0.214 e. The normalized spacial score (nSPS) is 16.4. The number of hydrogen-bond donors (Lipinski definition) is 0. The third kappa shape index (κ3) is 2.48. The first kappa shape index (κ1) is 13.7. The third-order valence-electron chi connectivity index (χ3n) is 4.16. The van der Waals surface area contributed by atoms with Gasteiger partial charge in [-0.3, -0.25) is 4.79 Å². The lowest BCUT2D eigenvalue weighted by atomic mass is 9.64. The van der Waals surface area contributed by atoms with E-state index in [1.54, 1.807) is 11.3 Å². The van der Waals surface area contributed by atoms with Gasteiger partial charge in [-0.25, -0.2) is 0 Å². The van der Waals surface area contributed by atoms with E-state index >= 15 is 0 Å². The molecule has 0 N–H and O–H groups in total. The minimum absolute atomic E-state index is 0.0927. The van der Waals surface area contributed by atoms with E-state index < -0.39 is 0 Å². The van der Waals surface area contributed by atoms with Crippen molar-refractivity contribution in [2.45, 2.75) is 24.7 Å². The molecule has 1 amide bonds. The van der Waals surface area contributed by atoms with Crippen LogP contribution in [0.25, 0.3) is 0 Å². The molecule has 0 atom stereocenters. The number of anilines is 1. The molecule has 0 aliphatic heterocycles. The second-order valence-corrected chi connectivity index (χ2v) is 6.69.